The van der Waals surface area contributed by atoms with E-state index in [9.17, 15) is 24.4 Å². The van der Waals surface area contributed by atoms with E-state index in [0.29, 0.717) is 79.9 Å². The Labute approximate surface area is 311 Å². The zero-order chi connectivity index (χ0) is 38.0. The lowest BCUT2D eigenvalue weighted by molar-refractivity contribution is 0.0526. The van der Waals surface area contributed by atoms with Crippen molar-refractivity contribution in [2.45, 2.75) is 77.5 Å². The van der Waals surface area contributed by atoms with Crippen molar-refractivity contribution in [2.24, 2.45) is 5.92 Å². The molecule has 2 fully saturated rings. The second-order valence-electron chi connectivity index (χ2n) is 14.6. The number of aromatic nitrogens is 1. The number of methoxy groups -OCH3 is 1. The summed E-state index contributed by atoms with van der Waals surface area (Å²) in [4.78, 5) is 62.1. The van der Waals surface area contributed by atoms with Gasteiger partial charge in [-0.25, -0.2) is 9.78 Å². The molecule has 0 bridgehead atoms. The molecule has 0 atom stereocenters. The first-order valence-corrected chi connectivity index (χ1v) is 18.4. The number of rotatable bonds is 12. The molecular weight excluding hydrogens is 672 g/mol. The molecule has 2 aromatic carbocycles. The average Bonchev–Trinajstić information content (AvgIpc) is 3.17. The molecule has 53 heavy (non-hydrogen) atoms. The molecule has 1 aromatic heterocycles. The van der Waals surface area contributed by atoms with Gasteiger partial charge >= 0.3 is 6.09 Å². The maximum absolute atomic E-state index is 14.3. The summed E-state index contributed by atoms with van der Waals surface area (Å²) in [6.07, 6.45) is 4.50. The summed E-state index contributed by atoms with van der Waals surface area (Å²) in [5.41, 5.74) is 2.72. The first kappa shape index (κ1) is 38.9. The Balaban J connectivity index is 1.34. The lowest BCUT2D eigenvalue weighted by Crippen LogP contribution is -2.46. The van der Waals surface area contributed by atoms with Gasteiger partial charge in [0.05, 0.1) is 24.3 Å². The number of hydrogen-bond acceptors (Lipinski definition) is 9. The number of piperidine rings is 2. The van der Waals surface area contributed by atoms with Crippen LogP contribution in [0, 0.1) is 17.2 Å². The summed E-state index contributed by atoms with van der Waals surface area (Å²) >= 11 is 0. The van der Waals surface area contributed by atoms with Crippen molar-refractivity contribution in [3.8, 4) is 11.8 Å². The van der Waals surface area contributed by atoms with E-state index in [1.807, 2.05) is 17.0 Å². The molecule has 3 heterocycles. The molecular formula is C41H50N6O6. The Bertz CT molecular complexity index is 1780. The van der Waals surface area contributed by atoms with Gasteiger partial charge in [0, 0.05) is 49.9 Å². The number of amides is 3. The summed E-state index contributed by atoms with van der Waals surface area (Å²) in [6, 6.07) is 18.2. The lowest BCUT2D eigenvalue weighted by atomic mass is 9.88. The van der Waals surface area contributed by atoms with Crippen LogP contribution in [-0.2, 0) is 17.7 Å². The van der Waals surface area contributed by atoms with Gasteiger partial charge in [0.15, 0.2) is 5.78 Å². The van der Waals surface area contributed by atoms with Crippen LogP contribution in [-0.4, -0.2) is 90.0 Å². The Morgan fingerprint density at radius 2 is 1.66 bits per heavy atom. The van der Waals surface area contributed by atoms with Crippen molar-refractivity contribution in [3.05, 3.63) is 94.3 Å². The first-order chi connectivity index (χ1) is 25.5. The second kappa shape index (κ2) is 18.0. The predicted octanol–water partition coefficient (Wildman–Crippen LogP) is 5.55. The SMILES string of the molecule is COc1ccc(C(=O)C2CCN(C(=O)c3ncc(C(=O)N(Cc4ccc(C#N)cc4)C4CCNCC4)cc3CCCNC(=O)OC(C)(C)C)CC2)cc1. The molecule has 0 unspecified atom stereocenters. The van der Waals surface area contributed by atoms with Gasteiger partial charge in [0.1, 0.15) is 17.0 Å². The number of aryl methyl sites for hydroxylation is 1. The number of carbonyl (C=O) groups is 4. The molecule has 2 aliphatic rings. The normalized spacial score (nSPS) is 15.3. The Morgan fingerprint density at radius 1 is 0.981 bits per heavy atom. The number of nitriles is 1. The number of likely N-dealkylation sites (tertiary alicyclic amines) is 1. The number of Topliss-reactive ketones (excluding diaryl/α,β-unsaturated/α-hetero) is 1. The highest BCUT2D eigenvalue weighted by Crippen LogP contribution is 2.26. The van der Waals surface area contributed by atoms with Crippen LogP contribution in [0.2, 0.25) is 0 Å². The smallest absolute Gasteiger partial charge is 0.407 e. The zero-order valence-electron chi connectivity index (χ0n) is 31.2. The van der Waals surface area contributed by atoms with Crippen molar-refractivity contribution in [1.82, 2.24) is 25.4 Å². The van der Waals surface area contributed by atoms with E-state index < -0.39 is 11.7 Å². The predicted molar refractivity (Wildman–Crippen MR) is 200 cm³/mol. The summed E-state index contributed by atoms with van der Waals surface area (Å²) < 4.78 is 10.6. The average molecular weight is 723 g/mol. The van der Waals surface area contributed by atoms with Crippen LogP contribution in [0.15, 0.2) is 60.8 Å². The van der Waals surface area contributed by atoms with Gasteiger partial charge in [-0.3, -0.25) is 14.4 Å². The Morgan fingerprint density at radius 3 is 2.28 bits per heavy atom. The van der Waals surface area contributed by atoms with Crippen LogP contribution in [0.1, 0.15) is 101 Å². The van der Waals surface area contributed by atoms with Gasteiger partial charge in [-0.05, 0) is 126 Å². The Kier molecular flexibility index (Phi) is 13.2. The van der Waals surface area contributed by atoms with Gasteiger partial charge in [0.2, 0.25) is 0 Å². The molecule has 2 aliphatic heterocycles. The fourth-order valence-electron chi connectivity index (χ4n) is 6.81. The zero-order valence-corrected chi connectivity index (χ0v) is 31.2. The third-order valence-corrected chi connectivity index (χ3v) is 9.68. The highest BCUT2D eigenvalue weighted by molar-refractivity contribution is 5.99. The molecule has 3 amide bonds. The van der Waals surface area contributed by atoms with Crippen molar-refractivity contribution < 1.29 is 28.7 Å². The Hall–Kier alpha value is -5.28. The van der Waals surface area contributed by atoms with E-state index in [4.69, 9.17) is 9.47 Å². The third-order valence-electron chi connectivity index (χ3n) is 9.68. The molecule has 12 heteroatoms. The maximum atomic E-state index is 14.3. The van der Waals surface area contributed by atoms with Crippen molar-refractivity contribution in [2.75, 3.05) is 39.8 Å². The molecule has 0 radical (unpaired) electrons. The quantitative estimate of drug-likeness (QED) is 0.181. The maximum Gasteiger partial charge on any atom is 0.407 e. The topological polar surface area (TPSA) is 154 Å². The first-order valence-electron chi connectivity index (χ1n) is 18.4. The molecule has 3 aromatic rings. The van der Waals surface area contributed by atoms with E-state index in [1.165, 1.54) is 6.20 Å². The largest absolute Gasteiger partial charge is 0.497 e. The van der Waals surface area contributed by atoms with Gasteiger partial charge in [-0.2, -0.15) is 5.26 Å². The van der Waals surface area contributed by atoms with Crippen LogP contribution in [0.5, 0.6) is 5.75 Å². The molecule has 2 N–H and O–H groups in total. The second-order valence-corrected chi connectivity index (χ2v) is 14.6. The summed E-state index contributed by atoms with van der Waals surface area (Å²) in [7, 11) is 1.58. The number of ether oxygens (including phenoxy) is 2. The number of benzene rings is 2. The van der Waals surface area contributed by atoms with Gasteiger partial charge in [0.25, 0.3) is 11.8 Å². The molecule has 280 valence electrons. The monoisotopic (exact) mass is 722 g/mol. The molecule has 0 aliphatic carbocycles. The van der Waals surface area contributed by atoms with Crippen LogP contribution in [0.25, 0.3) is 0 Å². The minimum atomic E-state index is -0.632. The number of carbonyl (C=O) groups excluding carboxylic acids is 4. The van der Waals surface area contributed by atoms with Gasteiger partial charge < -0.3 is 29.9 Å². The number of pyridine rings is 1. The van der Waals surface area contributed by atoms with Crippen LogP contribution < -0.4 is 15.4 Å². The number of ketones is 1. The van der Waals surface area contributed by atoms with E-state index in [1.54, 1.807) is 75.2 Å². The molecule has 5 rings (SSSR count). The van der Waals surface area contributed by atoms with Crippen LogP contribution in [0.4, 0.5) is 4.79 Å². The summed E-state index contributed by atoms with van der Waals surface area (Å²) in [6.45, 7) is 8.47. The van der Waals surface area contributed by atoms with E-state index >= 15 is 0 Å². The summed E-state index contributed by atoms with van der Waals surface area (Å²) in [5, 5.41) is 15.4. The van der Waals surface area contributed by atoms with E-state index in [-0.39, 0.29) is 35.3 Å². The minimum absolute atomic E-state index is 0.00380. The summed E-state index contributed by atoms with van der Waals surface area (Å²) in [5.74, 6) is 0.110. The van der Waals surface area contributed by atoms with Crippen molar-refractivity contribution >= 4 is 23.7 Å². The van der Waals surface area contributed by atoms with Gasteiger partial charge in [-0.15, -0.1) is 0 Å². The third kappa shape index (κ3) is 10.6. The fourth-order valence-corrected chi connectivity index (χ4v) is 6.81. The molecule has 12 nitrogen and oxygen atoms in total. The number of nitrogens with zero attached hydrogens (tertiary/aromatic N) is 4. The van der Waals surface area contributed by atoms with Crippen LogP contribution >= 0.6 is 0 Å². The minimum Gasteiger partial charge on any atom is -0.497 e. The molecule has 2 saturated heterocycles. The standard InChI is InChI=1S/C41H50N6O6/c1-41(2,3)53-40(51)44-19-5-6-32-24-33(38(49)47(34-15-20-43-21-16-34)27-29-9-7-28(25-42)8-10-29)26-45-36(32)39(50)46-22-17-31(18-23-46)37(48)30-11-13-35(52-4)14-12-30/h7-14,24,26,31,34,43H,5-6,15-23,27H2,1-4H3,(H,44,51). The fraction of sp³-hybridized carbons (Fsp3) is 0.463. The van der Waals surface area contributed by atoms with Crippen LogP contribution in [0.3, 0.4) is 0 Å². The molecule has 0 saturated carbocycles. The van der Waals surface area contributed by atoms with Gasteiger partial charge in [-0.1, -0.05) is 12.1 Å². The number of alkyl carbamates (subject to hydrolysis) is 1. The van der Waals surface area contributed by atoms with E-state index in [2.05, 4.69) is 21.7 Å². The van der Waals surface area contributed by atoms with E-state index in [0.717, 1.165) is 31.5 Å². The van der Waals surface area contributed by atoms with Crippen molar-refractivity contribution in [3.63, 3.8) is 0 Å². The highest BCUT2D eigenvalue weighted by Gasteiger charge is 2.32. The number of hydrogen-bond donors (Lipinski definition) is 2. The highest BCUT2D eigenvalue weighted by atomic mass is 16.6. The van der Waals surface area contributed by atoms with Crippen molar-refractivity contribution in [1.29, 1.82) is 5.26 Å². The number of nitrogens with one attached hydrogen (secondary N) is 2. The lowest BCUT2D eigenvalue weighted by Gasteiger charge is -2.35. The molecule has 0 spiro atoms.